The Hall–Kier alpha value is -2.24. The maximum Gasteiger partial charge on any atom is 0.417 e. The van der Waals surface area contributed by atoms with Gasteiger partial charge in [0.15, 0.2) is 0 Å². The van der Waals surface area contributed by atoms with Crippen molar-refractivity contribution in [3.05, 3.63) is 53.7 Å². The number of piperidine rings is 1. The van der Waals surface area contributed by atoms with Crippen molar-refractivity contribution in [3.63, 3.8) is 0 Å². The molecule has 0 aliphatic carbocycles. The van der Waals surface area contributed by atoms with Gasteiger partial charge in [0, 0.05) is 19.3 Å². The molecule has 2 heterocycles. The van der Waals surface area contributed by atoms with E-state index in [1.54, 1.807) is 7.11 Å². The molecule has 3 nitrogen and oxygen atoms in total. The Morgan fingerprint density at radius 2 is 1.88 bits per heavy atom. The number of hydrogen-bond donors (Lipinski definition) is 0. The van der Waals surface area contributed by atoms with E-state index in [1.807, 2.05) is 17.0 Å². The number of nitrogens with zero attached hydrogens (tertiary/aromatic N) is 2. The molecule has 0 N–H and O–H groups in total. The summed E-state index contributed by atoms with van der Waals surface area (Å²) in [7, 11) is 1.65. The minimum atomic E-state index is -4.34. The number of aromatic nitrogens is 1. The number of anilines is 1. The summed E-state index contributed by atoms with van der Waals surface area (Å²) >= 11 is 0. The molecule has 1 saturated heterocycles. The first kappa shape index (κ1) is 16.6. The van der Waals surface area contributed by atoms with Crippen LogP contribution in [0.25, 0.3) is 0 Å². The van der Waals surface area contributed by atoms with E-state index in [2.05, 4.69) is 17.1 Å². The summed E-state index contributed by atoms with van der Waals surface area (Å²) in [5.74, 6) is 1.89. The molecule has 0 atom stereocenters. The van der Waals surface area contributed by atoms with Gasteiger partial charge in [-0.15, -0.1) is 0 Å². The van der Waals surface area contributed by atoms with Crippen molar-refractivity contribution in [2.24, 2.45) is 0 Å². The van der Waals surface area contributed by atoms with Crippen LogP contribution in [0.4, 0.5) is 19.0 Å². The van der Waals surface area contributed by atoms with Crippen molar-refractivity contribution < 1.29 is 17.9 Å². The van der Waals surface area contributed by atoms with E-state index in [4.69, 9.17) is 4.74 Å². The predicted molar refractivity (Wildman–Crippen MR) is 86.4 cm³/mol. The van der Waals surface area contributed by atoms with Crippen molar-refractivity contribution >= 4 is 5.82 Å². The monoisotopic (exact) mass is 336 g/mol. The molecule has 1 aliphatic rings. The Kier molecular flexibility index (Phi) is 4.64. The summed E-state index contributed by atoms with van der Waals surface area (Å²) in [5.41, 5.74) is 0.534. The molecular weight excluding hydrogens is 317 g/mol. The fourth-order valence-electron chi connectivity index (χ4n) is 3.08. The highest BCUT2D eigenvalue weighted by Crippen LogP contribution is 2.33. The summed E-state index contributed by atoms with van der Waals surface area (Å²) in [6.45, 7) is 1.56. The Morgan fingerprint density at radius 1 is 1.12 bits per heavy atom. The number of rotatable bonds is 3. The molecule has 0 amide bonds. The molecule has 0 spiro atoms. The second-order valence-electron chi connectivity index (χ2n) is 5.94. The lowest BCUT2D eigenvalue weighted by molar-refractivity contribution is -0.137. The summed E-state index contributed by atoms with van der Waals surface area (Å²) in [4.78, 5) is 6.02. The first-order chi connectivity index (χ1) is 11.5. The third kappa shape index (κ3) is 3.63. The first-order valence-electron chi connectivity index (χ1n) is 7.89. The number of pyridine rings is 1. The summed E-state index contributed by atoms with van der Waals surface area (Å²) < 4.78 is 43.1. The highest BCUT2D eigenvalue weighted by atomic mass is 19.4. The van der Waals surface area contributed by atoms with E-state index in [-0.39, 0.29) is 0 Å². The normalized spacial score (nSPS) is 16.2. The molecule has 0 unspecified atom stereocenters. The number of hydrogen-bond acceptors (Lipinski definition) is 3. The molecule has 24 heavy (non-hydrogen) atoms. The van der Waals surface area contributed by atoms with Crippen LogP contribution >= 0.6 is 0 Å². The third-order valence-corrected chi connectivity index (χ3v) is 4.46. The largest absolute Gasteiger partial charge is 0.497 e. The Labute approximate surface area is 139 Å². The van der Waals surface area contributed by atoms with Crippen molar-refractivity contribution in [2.75, 3.05) is 25.1 Å². The summed E-state index contributed by atoms with van der Waals surface area (Å²) in [6, 6.07) is 10.6. The van der Waals surface area contributed by atoms with Crippen LogP contribution in [0, 0.1) is 0 Å². The molecule has 1 aromatic heterocycles. The Bertz CT molecular complexity index is 677. The van der Waals surface area contributed by atoms with Crippen molar-refractivity contribution in [3.8, 4) is 5.75 Å². The predicted octanol–water partition coefficient (Wildman–Crippen LogP) is 4.49. The molecule has 0 bridgehead atoms. The van der Waals surface area contributed by atoms with Crippen LogP contribution in [0.2, 0.25) is 0 Å². The average Bonchev–Trinajstić information content (AvgIpc) is 2.61. The van der Waals surface area contributed by atoms with Crippen LogP contribution in [0.3, 0.4) is 0 Å². The van der Waals surface area contributed by atoms with Gasteiger partial charge >= 0.3 is 6.18 Å². The zero-order valence-corrected chi connectivity index (χ0v) is 13.4. The Morgan fingerprint density at radius 3 is 2.46 bits per heavy atom. The van der Waals surface area contributed by atoms with E-state index in [0.29, 0.717) is 11.7 Å². The summed E-state index contributed by atoms with van der Waals surface area (Å²) in [5, 5.41) is 0. The molecule has 1 aromatic carbocycles. The van der Waals surface area contributed by atoms with Gasteiger partial charge in [-0.3, -0.25) is 0 Å². The molecule has 1 aliphatic heterocycles. The van der Waals surface area contributed by atoms with Crippen LogP contribution in [0.5, 0.6) is 5.75 Å². The van der Waals surface area contributed by atoms with Crippen LogP contribution in [0.15, 0.2) is 42.6 Å². The number of benzene rings is 1. The highest BCUT2D eigenvalue weighted by Gasteiger charge is 2.31. The maximum atomic E-state index is 12.6. The Balaban J connectivity index is 1.64. The topological polar surface area (TPSA) is 25.4 Å². The fourth-order valence-corrected chi connectivity index (χ4v) is 3.08. The first-order valence-corrected chi connectivity index (χ1v) is 7.89. The van der Waals surface area contributed by atoms with E-state index in [0.717, 1.165) is 43.9 Å². The van der Waals surface area contributed by atoms with E-state index >= 15 is 0 Å². The summed E-state index contributed by atoms with van der Waals surface area (Å²) in [6.07, 6.45) is -1.56. The second-order valence-corrected chi connectivity index (χ2v) is 5.94. The van der Waals surface area contributed by atoms with Gasteiger partial charge in [0.05, 0.1) is 12.7 Å². The van der Waals surface area contributed by atoms with Gasteiger partial charge in [-0.25, -0.2) is 4.98 Å². The molecule has 128 valence electrons. The molecule has 6 heteroatoms. The number of ether oxygens (including phenoxy) is 1. The van der Waals surface area contributed by atoms with Crippen LogP contribution < -0.4 is 9.64 Å². The maximum absolute atomic E-state index is 12.6. The van der Waals surface area contributed by atoms with Crippen LogP contribution in [-0.4, -0.2) is 25.2 Å². The number of halogens is 3. The van der Waals surface area contributed by atoms with Crippen LogP contribution in [0.1, 0.15) is 29.9 Å². The average molecular weight is 336 g/mol. The second kappa shape index (κ2) is 6.71. The minimum Gasteiger partial charge on any atom is -0.497 e. The van der Waals surface area contributed by atoms with E-state index in [9.17, 15) is 13.2 Å². The van der Waals surface area contributed by atoms with Crippen molar-refractivity contribution in [2.45, 2.75) is 24.9 Å². The number of alkyl halides is 3. The van der Waals surface area contributed by atoms with Crippen molar-refractivity contribution in [1.82, 2.24) is 4.98 Å². The van der Waals surface area contributed by atoms with Gasteiger partial charge in [0.2, 0.25) is 0 Å². The van der Waals surface area contributed by atoms with E-state index in [1.165, 1.54) is 11.6 Å². The highest BCUT2D eigenvalue weighted by molar-refractivity contribution is 5.41. The molecule has 0 saturated carbocycles. The molecule has 1 fully saturated rings. The zero-order valence-electron chi connectivity index (χ0n) is 13.4. The lowest BCUT2D eigenvalue weighted by atomic mass is 9.89. The standard InChI is InChI=1S/C18H19F3N2O/c1-24-16-4-2-3-14(11-16)13-7-9-23(10-8-13)17-6-5-15(12-22-17)18(19,20)21/h2-6,11-13H,7-10H2,1H3. The van der Waals surface area contributed by atoms with Gasteiger partial charge in [0.25, 0.3) is 0 Å². The minimum absolute atomic E-state index is 0.436. The third-order valence-electron chi connectivity index (χ3n) is 4.46. The number of methoxy groups -OCH3 is 1. The molecule has 0 radical (unpaired) electrons. The van der Waals surface area contributed by atoms with Crippen LogP contribution in [-0.2, 0) is 6.18 Å². The molecular formula is C18H19F3N2O. The zero-order chi connectivity index (χ0) is 17.2. The molecule has 2 aromatic rings. The lowest BCUT2D eigenvalue weighted by Crippen LogP contribution is -2.33. The smallest absolute Gasteiger partial charge is 0.417 e. The fraction of sp³-hybridized carbons (Fsp3) is 0.389. The lowest BCUT2D eigenvalue weighted by Gasteiger charge is -2.33. The quantitative estimate of drug-likeness (QED) is 0.825. The SMILES string of the molecule is COc1cccc(C2CCN(c3ccc(C(F)(F)F)cn3)CC2)c1. The van der Waals surface area contributed by atoms with Gasteiger partial charge in [-0.1, -0.05) is 12.1 Å². The van der Waals surface area contributed by atoms with Gasteiger partial charge in [0.1, 0.15) is 11.6 Å². The molecule has 3 rings (SSSR count). The van der Waals surface area contributed by atoms with Gasteiger partial charge < -0.3 is 9.64 Å². The van der Waals surface area contributed by atoms with Gasteiger partial charge in [-0.2, -0.15) is 13.2 Å². The van der Waals surface area contributed by atoms with Gasteiger partial charge in [-0.05, 0) is 48.6 Å². The van der Waals surface area contributed by atoms with E-state index < -0.39 is 11.7 Å². The van der Waals surface area contributed by atoms with Crippen molar-refractivity contribution in [1.29, 1.82) is 0 Å².